The van der Waals surface area contributed by atoms with Crippen molar-refractivity contribution in [1.29, 1.82) is 0 Å². The van der Waals surface area contributed by atoms with Crippen LogP contribution in [0.15, 0.2) is 0 Å². The Morgan fingerprint density at radius 1 is 1.12 bits per heavy atom. The molecule has 0 aliphatic carbocycles. The fraction of sp³-hybridized carbons (Fsp3) is 0.812. The fourth-order valence-electron chi connectivity index (χ4n) is 4.21. The van der Waals surface area contributed by atoms with Crippen molar-refractivity contribution >= 4 is 18.1 Å². The number of carboxylic acid groups (broad SMARTS) is 1. The Morgan fingerprint density at radius 2 is 1.84 bits per heavy atom. The number of fused-ring (bicyclic) bond motifs is 1. The molecule has 0 spiro atoms. The molecule has 1 N–H and O–H groups in total. The van der Waals surface area contributed by atoms with Gasteiger partial charge in [0.05, 0.1) is 13.2 Å². The fourth-order valence-corrected chi connectivity index (χ4v) is 4.21. The molecule has 3 fully saturated rings. The lowest BCUT2D eigenvalue weighted by molar-refractivity contribution is -0.146. The van der Waals surface area contributed by atoms with E-state index in [9.17, 15) is 19.5 Å². The van der Waals surface area contributed by atoms with E-state index in [2.05, 4.69) is 4.90 Å². The Balaban J connectivity index is 1.71. The van der Waals surface area contributed by atoms with Gasteiger partial charge in [0.2, 0.25) is 0 Å². The van der Waals surface area contributed by atoms with E-state index >= 15 is 0 Å². The normalized spacial score (nSPS) is 30.2. The minimum absolute atomic E-state index is 0.0470. The third-order valence-corrected chi connectivity index (χ3v) is 5.55. The summed E-state index contributed by atoms with van der Waals surface area (Å²) < 4.78 is 4.92. The first-order chi connectivity index (χ1) is 11.8. The van der Waals surface area contributed by atoms with Gasteiger partial charge in [-0.25, -0.2) is 9.59 Å². The number of ether oxygens (including phenoxy) is 1. The van der Waals surface area contributed by atoms with Crippen molar-refractivity contribution in [1.82, 2.24) is 19.6 Å². The number of hydrogen-bond donors (Lipinski definition) is 1. The summed E-state index contributed by atoms with van der Waals surface area (Å²) in [6.45, 7) is 6.31. The van der Waals surface area contributed by atoms with Gasteiger partial charge in [-0.15, -0.1) is 0 Å². The summed E-state index contributed by atoms with van der Waals surface area (Å²) in [6.07, 6.45) is -0.386. The van der Waals surface area contributed by atoms with Gasteiger partial charge >= 0.3 is 18.1 Å². The highest BCUT2D eigenvalue weighted by atomic mass is 16.5. The number of esters is 1. The minimum atomic E-state index is -0.942. The second kappa shape index (κ2) is 6.70. The van der Waals surface area contributed by atoms with Gasteiger partial charge in [0.15, 0.2) is 0 Å². The zero-order valence-corrected chi connectivity index (χ0v) is 14.9. The molecule has 3 saturated heterocycles. The van der Waals surface area contributed by atoms with Gasteiger partial charge < -0.3 is 24.5 Å². The van der Waals surface area contributed by atoms with Crippen molar-refractivity contribution < 1.29 is 24.2 Å². The van der Waals surface area contributed by atoms with Crippen LogP contribution in [0, 0.1) is 0 Å². The predicted molar refractivity (Wildman–Crippen MR) is 88.2 cm³/mol. The summed E-state index contributed by atoms with van der Waals surface area (Å²) in [7, 11) is 1.38. The Hall–Kier alpha value is -2.03. The predicted octanol–water partition coefficient (Wildman–Crippen LogP) is 0.111. The molecule has 0 aromatic heterocycles. The average Bonchev–Trinajstić information content (AvgIpc) is 3.15. The molecule has 1 unspecified atom stereocenters. The molecule has 0 aromatic rings. The number of nitrogens with zero attached hydrogens (tertiary/aromatic N) is 4. The molecule has 9 nitrogen and oxygen atoms in total. The summed E-state index contributed by atoms with van der Waals surface area (Å²) in [5, 5.41) is 9.17. The number of likely N-dealkylation sites (tertiary alicyclic amines) is 1. The van der Waals surface area contributed by atoms with Gasteiger partial charge in [0.25, 0.3) is 0 Å². The van der Waals surface area contributed by atoms with Crippen molar-refractivity contribution in [2.45, 2.75) is 44.4 Å². The van der Waals surface area contributed by atoms with E-state index in [1.165, 1.54) is 12.0 Å². The monoisotopic (exact) mass is 354 g/mol. The largest absolute Gasteiger partial charge is 0.468 e. The number of carbonyl (C=O) groups is 3. The number of methoxy groups -OCH3 is 1. The number of urea groups is 1. The van der Waals surface area contributed by atoms with Crippen molar-refractivity contribution in [3.8, 4) is 0 Å². The van der Waals surface area contributed by atoms with Gasteiger partial charge in [-0.2, -0.15) is 0 Å². The molecule has 0 bridgehead atoms. The molecular formula is C16H26N4O5. The molecule has 3 atom stereocenters. The van der Waals surface area contributed by atoms with Gasteiger partial charge in [-0.05, 0) is 20.3 Å². The molecule has 3 aliphatic heterocycles. The van der Waals surface area contributed by atoms with Crippen LogP contribution in [0.3, 0.4) is 0 Å². The topological polar surface area (TPSA) is 93.6 Å². The Morgan fingerprint density at radius 3 is 2.44 bits per heavy atom. The number of amides is 3. The zero-order valence-electron chi connectivity index (χ0n) is 14.9. The lowest BCUT2D eigenvalue weighted by atomic mass is 10.1. The molecule has 9 heteroatoms. The number of carbonyl (C=O) groups excluding carboxylic acids is 2. The van der Waals surface area contributed by atoms with E-state index in [4.69, 9.17) is 4.74 Å². The van der Waals surface area contributed by atoms with E-state index in [1.54, 1.807) is 4.90 Å². The lowest BCUT2D eigenvalue weighted by Crippen LogP contribution is -2.53. The first-order valence-electron chi connectivity index (χ1n) is 8.72. The Labute approximate surface area is 147 Å². The minimum Gasteiger partial charge on any atom is -0.468 e. The molecule has 25 heavy (non-hydrogen) atoms. The van der Waals surface area contributed by atoms with Gasteiger partial charge in [0.1, 0.15) is 6.04 Å². The van der Waals surface area contributed by atoms with E-state index in [1.807, 2.05) is 18.7 Å². The smallest absolute Gasteiger partial charge is 0.407 e. The maximum Gasteiger partial charge on any atom is 0.407 e. The number of rotatable bonds is 3. The van der Waals surface area contributed by atoms with Crippen LogP contribution in [-0.4, -0.2) is 107 Å². The summed E-state index contributed by atoms with van der Waals surface area (Å²) in [4.78, 5) is 43.1. The van der Waals surface area contributed by atoms with Crippen molar-refractivity contribution in [2.75, 3.05) is 39.8 Å². The summed E-state index contributed by atoms with van der Waals surface area (Å²) in [5.41, 5.74) is 0. The van der Waals surface area contributed by atoms with Crippen LogP contribution in [0.4, 0.5) is 9.59 Å². The quantitative estimate of drug-likeness (QED) is 0.723. The van der Waals surface area contributed by atoms with Crippen molar-refractivity contribution in [3.05, 3.63) is 0 Å². The third kappa shape index (κ3) is 3.12. The van der Waals surface area contributed by atoms with Crippen LogP contribution >= 0.6 is 0 Å². The zero-order chi connectivity index (χ0) is 18.3. The van der Waals surface area contributed by atoms with Gasteiger partial charge in [-0.3, -0.25) is 9.69 Å². The van der Waals surface area contributed by atoms with Crippen LogP contribution in [0.5, 0.6) is 0 Å². The van der Waals surface area contributed by atoms with Crippen LogP contribution < -0.4 is 0 Å². The summed E-state index contributed by atoms with van der Waals surface area (Å²) in [5.74, 6) is -0.266. The van der Waals surface area contributed by atoms with Crippen LogP contribution in [-0.2, 0) is 9.53 Å². The highest BCUT2D eigenvalue weighted by Gasteiger charge is 2.48. The maximum absolute atomic E-state index is 12.8. The molecule has 3 heterocycles. The van der Waals surface area contributed by atoms with Crippen LogP contribution in [0.1, 0.15) is 20.3 Å². The molecule has 0 saturated carbocycles. The number of hydrogen-bond acceptors (Lipinski definition) is 5. The average molecular weight is 354 g/mol. The third-order valence-electron chi connectivity index (χ3n) is 5.55. The van der Waals surface area contributed by atoms with Crippen LogP contribution in [0.25, 0.3) is 0 Å². The number of piperazine rings is 1. The highest BCUT2D eigenvalue weighted by Crippen LogP contribution is 2.30. The molecule has 0 aromatic carbocycles. The first kappa shape index (κ1) is 17.8. The Bertz CT molecular complexity index is 569. The highest BCUT2D eigenvalue weighted by molar-refractivity contribution is 5.80. The summed E-state index contributed by atoms with van der Waals surface area (Å²) >= 11 is 0. The van der Waals surface area contributed by atoms with Crippen molar-refractivity contribution in [2.24, 2.45) is 0 Å². The Kier molecular flexibility index (Phi) is 4.77. The summed E-state index contributed by atoms with van der Waals surface area (Å²) in [6, 6.07) is -0.369. The first-order valence-corrected chi connectivity index (χ1v) is 8.72. The van der Waals surface area contributed by atoms with Gasteiger partial charge in [-0.1, -0.05) is 0 Å². The molecule has 3 amide bonds. The molecule has 3 aliphatic rings. The lowest BCUT2D eigenvalue weighted by Gasteiger charge is -2.34. The van der Waals surface area contributed by atoms with E-state index < -0.39 is 6.09 Å². The van der Waals surface area contributed by atoms with Crippen LogP contribution in [0.2, 0.25) is 0 Å². The van der Waals surface area contributed by atoms with E-state index in [0.29, 0.717) is 39.1 Å². The second-order valence-corrected chi connectivity index (χ2v) is 7.23. The molecule has 3 rings (SSSR count). The molecule has 140 valence electrons. The van der Waals surface area contributed by atoms with Crippen molar-refractivity contribution in [3.63, 3.8) is 0 Å². The van der Waals surface area contributed by atoms with E-state index in [0.717, 1.165) is 0 Å². The SMILES string of the molecule is COC(=O)[C@@H]1C[C@@H](N2CC3CN(C(=O)O)CCN3C2=O)CN1C(C)C. The maximum atomic E-state index is 12.8. The standard InChI is InChI=1S/C16H26N4O5/c1-10(2)19-8-11(6-13(19)14(21)25-3)20-9-12-7-17(16(23)24)4-5-18(12)15(20)22/h10-13H,4-9H2,1-3H3,(H,23,24)/t11-,12?,13+/m1/s1. The second-order valence-electron chi connectivity index (χ2n) is 7.23. The van der Waals surface area contributed by atoms with E-state index in [-0.39, 0.29) is 36.2 Å². The van der Waals surface area contributed by atoms with Gasteiger partial charge in [0, 0.05) is 44.8 Å². The molecular weight excluding hydrogens is 328 g/mol. The molecule has 0 radical (unpaired) electrons.